The van der Waals surface area contributed by atoms with Gasteiger partial charge in [-0.1, -0.05) is 106 Å². The highest BCUT2D eigenvalue weighted by molar-refractivity contribution is 6.99. The number of aliphatic hydroxyl groups is 1. The van der Waals surface area contributed by atoms with Crippen LogP contribution in [0, 0.1) is 0 Å². The average Bonchev–Trinajstić information content (AvgIpc) is 3.31. The molecule has 4 rings (SSSR count). The van der Waals surface area contributed by atoms with Crippen LogP contribution in [0.2, 0.25) is 5.04 Å². The van der Waals surface area contributed by atoms with E-state index in [1.807, 2.05) is 56.3 Å². The predicted molar refractivity (Wildman–Crippen MR) is 173 cm³/mol. The summed E-state index contributed by atoms with van der Waals surface area (Å²) in [5, 5.41) is 11.8. The SMILES string of the molecule is CC1(C)O[C@@H](CCCO)[C@@H](C(/C=C\CCO[Si](c2ccccc2)(c2ccccc2)C(C)(C)C)OC(=O)c2ccccc2)O1. The minimum Gasteiger partial charge on any atom is -0.452 e. The number of benzene rings is 3. The van der Waals surface area contributed by atoms with Crippen LogP contribution in [0.15, 0.2) is 103 Å². The Bertz CT molecular complexity index is 1260. The van der Waals surface area contributed by atoms with E-state index in [2.05, 4.69) is 69.3 Å². The maximum Gasteiger partial charge on any atom is 0.338 e. The quantitative estimate of drug-likeness (QED) is 0.112. The molecule has 0 saturated carbocycles. The van der Waals surface area contributed by atoms with Crippen molar-refractivity contribution >= 4 is 24.7 Å². The zero-order chi connectivity index (χ0) is 30.9. The van der Waals surface area contributed by atoms with Crippen molar-refractivity contribution in [1.82, 2.24) is 0 Å². The van der Waals surface area contributed by atoms with Crippen molar-refractivity contribution in [3.8, 4) is 0 Å². The Labute approximate surface area is 257 Å². The minimum atomic E-state index is -2.66. The summed E-state index contributed by atoms with van der Waals surface area (Å²) >= 11 is 0. The Morgan fingerprint density at radius 3 is 2.02 bits per heavy atom. The van der Waals surface area contributed by atoms with E-state index in [9.17, 15) is 9.90 Å². The lowest BCUT2D eigenvalue weighted by atomic mass is 10.0. The van der Waals surface area contributed by atoms with Gasteiger partial charge in [0.2, 0.25) is 0 Å². The first kappa shape index (κ1) is 32.8. The van der Waals surface area contributed by atoms with Crippen LogP contribution < -0.4 is 10.4 Å². The third kappa shape index (κ3) is 8.10. The number of hydrogen-bond donors (Lipinski definition) is 1. The molecule has 0 bridgehead atoms. The standard InChI is InChI=1S/C36H46O6Si/c1-35(2,3)43(29-20-11-7-12-21-29,30-22-13-8-14-23-30)39-27-16-15-24-31(40-34(38)28-18-9-6-10-19-28)33-32(25-17-26-37)41-36(4,5)42-33/h6-15,18-24,31-33,37H,16-17,25-27H2,1-5H3/b24-15-/t31?,32-,33+/m0/s1. The van der Waals surface area contributed by atoms with E-state index < -0.39 is 32.3 Å². The van der Waals surface area contributed by atoms with E-state index in [-0.39, 0.29) is 17.7 Å². The summed E-state index contributed by atoms with van der Waals surface area (Å²) in [6, 6.07) is 30.1. The van der Waals surface area contributed by atoms with Gasteiger partial charge in [-0.25, -0.2) is 4.79 Å². The first-order valence-corrected chi connectivity index (χ1v) is 17.1. The molecule has 3 atom stereocenters. The fourth-order valence-corrected chi connectivity index (χ4v) is 10.5. The fraction of sp³-hybridized carbons (Fsp3) is 0.417. The number of carbonyl (C=O) groups is 1. The summed E-state index contributed by atoms with van der Waals surface area (Å²) in [5.41, 5.74) is 0.473. The maximum atomic E-state index is 13.1. The van der Waals surface area contributed by atoms with Gasteiger partial charge < -0.3 is 23.7 Å². The van der Waals surface area contributed by atoms with E-state index in [0.717, 1.165) is 0 Å². The number of carbonyl (C=O) groups excluding carboxylic acids is 1. The second kappa shape index (κ2) is 14.6. The van der Waals surface area contributed by atoms with Gasteiger partial charge in [-0.3, -0.25) is 0 Å². The molecule has 3 aromatic carbocycles. The Kier molecular flexibility index (Phi) is 11.1. The second-order valence-electron chi connectivity index (χ2n) is 12.5. The Morgan fingerprint density at radius 2 is 1.49 bits per heavy atom. The number of ether oxygens (including phenoxy) is 3. The molecule has 1 aliphatic rings. The molecule has 1 saturated heterocycles. The molecule has 230 valence electrons. The third-order valence-corrected chi connectivity index (χ3v) is 12.8. The van der Waals surface area contributed by atoms with Crippen molar-refractivity contribution in [2.75, 3.05) is 13.2 Å². The van der Waals surface area contributed by atoms with Crippen molar-refractivity contribution in [3.63, 3.8) is 0 Å². The monoisotopic (exact) mass is 602 g/mol. The molecular weight excluding hydrogens is 556 g/mol. The van der Waals surface area contributed by atoms with Gasteiger partial charge in [-0.2, -0.15) is 0 Å². The molecule has 3 aromatic rings. The predicted octanol–water partition coefficient (Wildman–Crippen LogP) is 6.03. The Balaban J connectivity index is 1.56. The van der Waals surface area contributed by atoms with Crippen LogP contribution in [-0.4, -0.2) is 56.7 Å². The molecule has 0 aromatic heterocycles. The molecule has 43 heavy (non-hydrogen) atoms. The van der Waals surface area contributed by atoms with Crippen molar-refractivity contribution in [2.24, 2.45) is 0 Å². The summed E-state index contributed by atoms with van der Waals surface area (Å²) in [5.74, 6) is -1.25. The highest BCUT2D eigenvalue weighted by atomic mass is 28.4. The third-order valence-electron chi connectivity index (χ3n) is 7.79. The van der Waals surface area contributed by atoms with Crippen molar-refractivity contribution < 1.29 is 28.5 Å². The van der Waals surface area contributed by atoms with Gasteiger partial charge in [0.05, 0.1) is 11.7 Å². The molecule has 1 fully saturated rings. The maximum absolute atomic E-state index is 13.1. The Morgan fingerprint density at radius 1 is 0.930 bits per heavy atom. The fourth-order valence-electron chi connectivity index (χ4n) is 5.91. The molecule has 0 aliphatic carbocycles. The van der Waals surface area contributed by atoms with E-state index in [4.69, 9.17) is 18.6 Å². The summed E-state index contributed by atoms with van der Waals surface area (Å²) in [6.45, 7) is 11.1. The van der Waals surface area contributed by atoms with Crippen molar-refractivity contribution in [2.45, 2.75) is 83.0 Å². The van der Waals surface area contributed by atoms with Gasteiger partial charge in [-0.05, 0) is 66.7 Å². The molecule has 0 amide bonds. The van der Waals surface area contributed by atoms with E-state index >= 15 is 0 Å². The molecule has 1 unspecified atom stereocenters. The Hall–Kier alpha value is -3.07. The molecule has 6 nitrogen and oxygen atoms in total. The van der Waals surface area contributed by atoms with Gasteiger partial charge >= 0.3 is 5.97 Å². The number of esters is 1. The topological polar surface area (TPSA) is 74.2 Å². The van der Waals surface area contributed by atoms with Crippen LogP contribution in [0.5, 0.6) is 0 Å². The highest BCUT2D eigenvalue weighted by Crippen LogP contribution is 2.37. The first-order valence-electron chi connectivity index (χ1n) is 15.2. The molecular formula is C36H46O6Si. The molecule has 1 aliphatic heterocycles. The van der Waals surface area contributed by atoms with Crippen LogP contribution in [0.1, 0.15) is 64.2 Å². The molecule has 0 spiro atoms. The van der Waals surface area contributed by atoms with Gasteiger partial charge in [0.1, 0.15) is 12.2 Å². The average molecular weight is 603 g/mol. The van der Waals surface area contributed by atoms with Gasteiger partial charge in [0.25, 0.3) is 8.32 Å². The second-order valence-corrected chi connectivity index (χ2v) is 16.8. The zero-order valence-corrected chi connectivity index (χ0v) is 27.1. The van der Waals surface area contributed by atoms with Crippen LogP contribution in [-0.2, 0) is 18.6 Å². The number of hydrogen-bond acceptors (Lipinski definition) is 6. The summed E-state index contributed by atoms with van der Waals surface area (Å²) in [6.07, 6.45) is 4.19. The van der Waals surface area contributed by atoms with Crippen LogP contribution in [0.3, 0.4) is 0 Å². The van der Waals surface area contributed by atoms with Gasteiger partial charge in [0, 0.05) is 13.2 Å². The van der Waals surface area contributed by atoms with E-state index in [0.29, 0.717) is 31.4 Å². The summed E-state index contributed by atoms with van der Waals surface area (Å²) < 4.78 is 25.5. The largest absolute Gasteiger partial charge is 0.452 e. The molecule has 1 N–H and O–H groups in total. The van der Waals surface area contributed by atoms with Crippen LogP contribution in [0.25, 0.3) is 0 Å². The highest BCUT2D eigenvalue weighted by Gasteiger charge is 2.50. The lowest BCUT2D eigenvalue weighted by Crippen LogP contribution is -2.66. The van der Waals surface area contributed by atoms with Crippen molar-refractivity contribution in [3.05, 3.63) is 109 Å². The minimum absolute atomic E-state index is 0.0525. The van der Waals surface area contributed by atoms with Crippen LogP contribution >= 0.6 is 0 Å². The lowest BCUT2D eigenvalue weighted by molar-refractivity contribution is -0.153. The summed E-state index contributed by atoms with van der Waals surface area (Å²) in [4.78, 5) is 13.1. The van der Waals surface area contributed by atoms with E-state index in [1.54, 1.807) is 12.1 Å². The zero-order valence-electron chi connectivity index (χ0n) is 26.1. The molecule has 1 heterocycles. The molecule has 0 radical (unpaired) electrons. The number of rotatable bonds is 13. The first-order chi connectivity index (χ1) is 20.6. The number of aliphatic hydroxyl groups excluding tert-OH is 1. The normalized spacial score (nSPS) is 19.4. The van der Waals surface area contributed by atoms with Gasteiger partial charge in [-0.15, -0.1) is 0 Å². The van der Waals surface area contributed by atoms with Crippen LogP contribution in [0.4, 0.5) is 0 Å². The van der Waals surface area contributed by atoms with Crippen molar-refractivity contribution in [1.29, 1.82) is 0 Å². The lowest BCUT2D eigenvalue weighted by Gasteiger charge is -2.43. The van der Waals surface area contributed by atoms with Gasteiger partial charge in [0.15, 0.2) is 5.79 Å². The summed E-state index contributed by atoms with van der Waals surface area (Å²) in [7, 11) is -2.66. The van der Waals surface area contributed by atoms with E-state index in [1.165, 1.54) is 10.4 Å². The molecule has 7 heteroatoms. The smallest absolute Gasteiger partial charge is 0.338 e.